The number of aryl methyl sites for hydroxylation is 1. The molecule has 1 rings (SSSR count). The van der Waals surface area contributed by atoms with Crippen molar-refractivity contribution in [2.75, 3.05) is 13.7 Å². The second-order valence-corrected chi connectivity index (χ2v) is 5.18. The molecule has 0 saturated heterocycles. The van der Waals surface area contributed by atoms with Gasteiger partial charge in [-0.05, 0) is 37.4 Å². The van der Waals surface area contributed by atoms with Crippen molar-refractivity contribution in [3.8, 4) is 5.75 Å². The quantitative estimate of drug-likeness (QED) is 0.871. The number of halogens is 1. The van der Waals surface area contributed by atoms with E-state index in [1.165, 1.54) is 0 Å². The number of ether oxygens (including phenoxy) is 1. The van der Waals surface area contributed by atoms with E-state index in [4.69, 9.17) is 10.5 Å². The average Bonchev–Trinajstić information content (AvgIpc) is 2.32. The summed E-state index contributed by atoms with van der Waals surface area (Å²) in [5.41, 5.74) is 8.41. The molecule has 1 aromatic rings. The van der Waals surface area contributed by atoms with Gasteiger partial charge < -0.3 is 10.5 Å². The van der Waals surface area contributed by atoms with E-state index in [0.29, 0.717) is 17.9 Å². The van der Waals surface area contributed by atoms with Gasteiger partial charge >= 0.3 is 0 Å². The minimum Gasteiger partial charge on any atom is -0.496 e. The molecule has 1 aromatic carbocycles. The van der Waals surface area contributed by atoms with E-state index in [1.807, 2.05) is 39.8 Å². The molecule has 0 amide bonds. The minimum absolute atomic E-state index is 0.180. The normalized spacial score (nSPS) is 14.7. The van der Waals surface area contributed by atoms with Gasteiger partial charge in [-0.3, -0.25) is 0 Å². The summed E-state index contributed by atoms with van der Waals surface area (Å²) >= 11 is 0. The summed E-state index contributed by atoms with van der Waals surface area (Å²) in [5, 5.41) is 0. The zero-order chi connectivity index (χ0) is 13.9. The fourth-order valence-electron chi connectivity index (χ4n) is 2.26. The third kappa shape index (κ3) is 2.83. The summed E-state index contributed by atoms with van der Waals surface area (Å²) in [6.07, 6.45) is -1.08. The largest absolute Gasteiger partial charge is 0.496 e. The van der Waals surface area contributed by atoms with E-state index in [-0.39, 0.29) is 11.8 Å². The van der Waals surface area contributed by atoms with Gasteiger partial charge in [0.15, 0.2) is 0 Å². The molecule has 18 heavy (non-hydrogen) atoms. The number of hydrogen-bond acceptors (Lipinski definition) is 2. The highest BCUT2D eigenvalue weighted by Crippen LogP contribution is 2.38. The highest BCUT2D eigenvalue weighted by Gasteiger charge is 2.27. The molecule has 2 nitrogen and oxygen atoms in total. The Morgan fingerprint density at radius 2 is 1.89 bits per heavy atom. The maximum atomic E-state index is 14.6. The fraction of sp³-hybridized carbons (Fsp3) is 0.600. The summed E-state index contributed by atoms with van der Waals surface area (Å²) in [6.45, 7) is 8.29. The van der Waals surface area contributed by atoms with Crippen LogP contribution in [0.2, 0.25) is 0 Å². The van der Waals surface area contributed by atoms with Gasteiger partial charge in [0.25, 0.3) is 0 Å². The summed E-state index contributed by atoms with van der Waals surface area (Å²) in [4.78, 5) is 0. The first kappa shape index (κ1) is 15.0. The Morgan fingerprint density at radius 3 is 2.33 bits per heavy atom. The van der Waals surface area contributed by atoms with E-state index in [1.54, 1.807) is 7.11 Å². The van der Waals surface area contributed by atoms with Crippen LogP contribution in [0.4, 0.5) is 4.39 Å². The molecule has 2 atom stereocenters. The van der Waals surface area contributed by atoms with Crippen LogP contribution in [0.5, 0.6) is 5.75 Å². The van der Waals surface area contributed by atoms with Crippen molar-refractivity contribution >= 4 is 0 Å². The Bertz CT molecular complexity index is 404. The molecule has 0 radical (unpaired) electrons. The number of alkyl halides is 1. The highest BCUT2D eigenvalue weighted by atomic mass is 19.1. The van der Waals surface area contributed by atoms with Crippen LogP contribution < -0.4 is 10.5 Å². The van der Waals surface area contributed by atoms with Crippen LogP contribution in [0.15, 0.2) is 12.1 Å². The van der Waals surface area contributed by atoms with Crippen molar-refractivity contribution in [2.45, 2.75) is 33.9 Å². The lowest BCUT2D eigenvalue weighted by atomic mass is 9.86. The van der Waals surface area contributed by atoms with Crippen molar-refractivity contribution < 1.29 is 9.13 Å². The molecule has 102 valence electrons. The molecule has 0 aliphatic heterocycles. The van der Waals surface area contributed by atoms with Gasteiger partial charge in [-0.25, -0.2) is 4.39 Å². The van der Waals surface area contributed by atoms with Gasteiger partial charge in [-0.1, -0.05) is 26.0 Å². The molecule has 0 heterocycles. The molecule has 2 unspecified atom stereocenters. The average molecular weight is 253 g/mol. The topological polar surface area (TPSA) is 35.2 Å². The monoisotopic (exact) mass is 253 g/mol. The van der Waals surface area contributed by atoms with Crippen LogP contribution >= 0.6 is 0 Å². The van der Waals surface area contributed by atoms with Gasteiger partial charge in [-0.2, -0.15) is 0 Å². The number of methoxy groups -OCH3 is 1. The summed E-state index contributed by atoms with van der Waals surface area (Å²) < 4.78 is 20.0. The lowest BCUT2D eigenvalue weighted by Gasteiger charge is -2.25. The molecule has 0 fully saturated rings. The molecule has 0 aromatic heterocycles. The second kappa shape index (κ2) is 6.19. The zero-order valence-electron chi connectivity index (χ0n) is 12.0. The molecule has 0 saturated carbocycles. The van der Waals surface area contributed by atoms with Crippen LogP contribution in [0.3, 0.4) is 0 Å². The second-order valence-electron chi connectivity index (χ2n) is 5.18. The van der Waals surface area contributed by atoms with Crippen molar-refractivity contribution in [1.82, 2.24) is 0 Å². The maximum absolute atomic E-state index is 14.6. The first-order chi connectivity index (χ1) is 8.43. The van der Waals surface area contributed by atoms with Gasteiger partial charge in [-0.15, -0.1) is 0 Å². The molecular formula is C15H24FNO. The SMILES string of the molecule is COc1c(C(F)C(CN)C(C)C)ccc(C)c1C. The summed E-state index contributed by atoms with van der Waals surface area (Å²) in [7, 11) is 1.59. The van der Waals surface area contributed by atoms with Crippen LogP contribution in [0.1, 0.15) is 36.7 Å². The highest BCUT2D eigenvalue weighted by molar-refractivity contribution is 5.46. The first-order valence-electron chi connectivity index (χ1n) is 6.42. The van der Waals surface area contributed by atoms with E-state index < -0.39 is 6.17 Å². The summed E-state index contributed by atoms with van der Waals surface area (Å²) in [5.74, 6) is 0.680. The Balaban J connectivity index is 3.20. The van der Waals surface area contributed by atoms with E-state index in [2.05, 4.69) is 0 Å². The predicted octanol–water partition coefficient (Wildman–Crippen LogP) is 3.55. The molecule has 0 bridgehead atoms. The van der Waals surface area contributed by atoms with Crippen molar-refractivity contribution in [3.63, 3.8) is 0 Å². The molecule has 2 N–H and O–H groups in total. The van der Waals surface area contributed by atoms with Crippen LogP contribution in [0, 0.1) is 25.7 Å². The fourth-order valence-corrected chi connectivity index (χ4v) is 2.26. The third-order valence-electron chi connectivity index (χ3n) is 3.71. The van der Waals surface area contributed by atoms with Gasteiger partial charge in [0.1, 0.15) is 11.9 Å². The molecule has 3 heteroatoms. The molecule has 0 aliphatic rings. The number of hydrogen-bond donors (Lipinski definition) is 1. The first-order valence-corrected chi connectivity index (χ1v) is 6.42. The van der Waals surface area contributed by atoms with Gasteiger partial charge in [0.2, 0.25) is 0 Å². The third-order valence-corrected chi connectivity index (χ3v) is 3.71. The Hall–Kier alpha value is -1.09. The van der Waals surface area contributed by atoms with Crippen LogP contribution in [0.25, 0.3) is 0 Å². The van der Waals surface area contributed by atoms with Crippen molar-refractivity contribution in [2.24, 2.45) is 17.6 Å². The van der Waals surface area contributed by atoms with Gasteiger partial charge in [0.05, 0.1) is 7.11 Å². The van der Waals surface area contributed by atoms with Gasteiger partial charge in [0, 0.05) is 11.5 Å². The van der Waals surface area contributed by atoms with Crippen LogP contribution in [-0.4, -0.2) is 13.7 Å². The number of nitrogens with two attached hydrogens (primary N) is 1. The van der Waals surface area contributed by atoms with E-state index in [0.717, 1.165) is 11.1 Å². The Morgan fingerprint density at radius 1 is 1.28 bits per heavy atom. The number of rotatable bonds is 5. The predicted molar refractivity (Wildman–Crippen MR) is 73.7 cm³/mol. The number of benzene rings is 1. The lowest BCUT2D eigenvalue weighted by Crippen LogP contribution is -2.25. The molecule has 0 spiro atoms. The zero-order valence-corrected chi connectivity index (χ0v) is 12.0. The maximum Gasteiger partial charge on any atom is 0.133 e. The minimum atomic E-state index is -1.08. The molecule has 0 aliphatic carbocycles. The lowest BCUT2D eigenvalue weighted by molar-refractivity contribution is 0.184. The van der Waals surface area contributed by atoms with Crippen molar-refractivity contribution in [3.05, 3.63) is 28.8 Å². The van der Waals surface area contributed by atoms with E-state index in [9.17, 15) is 4.39 Å². The van der Waals surface area contributed by atoms with Crippen molar-refractivity contribution in [1.29, 1.82) is 0 Å². The Labute approximate surface area is 109 Å². The van der Waals surface area contributed by atoms with E-state index >= 15 is 0 Å². The standard InChI is InChI=1S/C15H24FNO/c1-9(2)13(8-17)14(16)12-7-6-10(3)11(4)15(12)18-5/h6-7,9,13-14H,8,17H2,1-5H3. The Kier molecular flexibility index (Phi) is 5.15. The smallest absolute Gasteiger partial charge is 0.133 e. The molecular weight excluding hydrogens is 229 g/mol. The summed E-state index contributed by atoms with van der Waals surface area (Å²) in [6, 6.07) is 3.75. The van der Waals surface area contributed by atoms with Crippen LogP contribution in [-0.2, 0) is 0 Å².